The summed E-state index contributed by atoms with van der Waals surface area (Å²) in [5.74, 6) is -0.137. The molecule has 0 aromatic rings. The highest BCUT2D eigenvalue weighted by atomic mass is 79.9. The number of methoxy groups -OCH3 is 1. The maximum Gasteiger partial charge on any atom is 0.311 e. The van der Waals surface area contributed by atoms with Crippen LogP contribution >= 0.6 is 15.9 Å². The SMILES string of the molecule is COC(=O)C(C)(C)CC(C)(C)CBr. The third-order valence-electron chi connectivity index (χ3n) is 2.02. The van der Waals surface area contributed by atoms with E-state index < -0.39 is 5.41 Å². The Kier molecular flexibility index (Phi) is 4.43. The first-order chi connectivity index (χ1) is 5.75. The molecule has 0 spiro atoms. The quantitative estimate of drug-likeness (QED) is 0.567. The average molecular weight is 251 g/mol. The zero-order valence-corrected chi connectivity index (χ0v) is 10.7. The first kappa shape index (κ1) is 12.9. The Bertz CT molecular complexity index is 185. The monoisotopic (exact) mass is 250 g/mol. The number of ether oxygens (including phenoxy) is 1. The second kappa shape index (κ2) is 4.45. The summed E-state index contributed by atoms with van der Waals surface area (Å²) >= 11 is 3.44. The van der Waals surface area contributed by atoms with Crippen LogP contribution in [0.3, 0.4) is 0 Å². The predicted molar refractivity (Wildman–Crippen MR) is 58.0 cm³/mol. The summed E-state index contributed by atoms with van der Waals surface area (Å²) in [4.78, 5) is 11.4. The van der Waals surface area contributed by atoms with Gasteiger partial charge in [-0.15, -0.1) is 0 Å². The van der Waals surface area contributed by atoms with Crippen LogP contribution in [0.2, 0.25) is 0 Å². The molecule has 0 aliphatic carbocycles. The van der Waals surface area contributed by atoms with Crippen molar-refractivity contribution in [3.8, 4) is 0 Å². The standard InChI is InChI=1S/C10H19BrO2/c1-9(2,7-11)6-10(3,4)8(12)13-5/h6-7H2,1-5H3. The smallest absolute Gasteiger partial charge is 0.311 e. The summed E-state index contributed by atoms with van der Waals surface area (Å²) in [6.07, 6.45) is 0.817. The average Bonchev–Trinajstić information content (AvgIpc) is 2.01. The highest BCUT2D eigenvalue weighted by molar-refractivity contribution is 9.09. The molecule has 2 nitrogen and oxygen atoms in total. The number of alkyl halides is 1. The van der Waals surface area contributed by atoms with Crippen molar-refractivity contribution in [3.05, 3.63) is 0 Å². The lowest BCUT2D eigenvalue weighted by Crippen LogP contribution is -2.32. The van der Waals surface area contributed by atoms with Crippen LogP contribution in [0.4, 0.5) is 0 Å². The molecule has 13 heavy (non-hydrogen) atoms. The Morgan fingerprint density at radius 3 is 2.08 bits per heavy atom. The lowest BCUT2D eigenvalue weighted by molar-refractivity contribution is -0.152. The Labute approximate surface area is 89.2 Å². The van der Waals surface area contributed by atoms with Gasteiger partial charge in [-0.1, -0.05) is 29.8 Å². The molecule has 0 unspecified atom stereocenters. The van der Waals surface area contributed by atoms with Gasteiger partial charge in [-0.2, -0.15) is 0 Å². The highest BCUT2D eigenvalue weighted by Gasteiger charge is 2.34. The van der Waals surface area contributed by atoms with Gasteiger partial charge in [0.25, 0.3) is 0 Å². The molecule has 0 aliphatic heterocycles. The van der Waals surface area contributed by atoms with Crippen molar-refractivity contribution in [3.63, 3.8) is 0 Å². The summed E-state index contributed by atoms with van der Waals surface area (Å²) in [6.45, 7) is 8.10. The second-order valence-corrected chi connectivity index (χ2v) is 5.41. The molecule has 3 heteroatoms. The summed E-state index contributed by atoms with van der Waals surface area (Å²) in [5, 5.41) is 0.889. The van der Waals surface area contributed by atoms with Crippen LogP contribution in [0.5, 0.6) is 0 Å². The zero-order chi connectivity index (χ0) is 10.7. The number of carbonyl (C=O) groups excluding carboxylic acids is 1. The van der Waals surface area contributed by atoms with E-state index in [1.807, 2.05) is 13.8 Å². The van der Waals surface area contributed by atoms with Gasteiger partial charge >= 0.3 is 5.97 Å². The van der Waals surface area contributed by atoms with Crippen LogP contribution < -0.4 is 0 Å². The van der Waals surface area contributed by atoms with E-state index >= 15 is 0 Å². The number of halogens is 1. The van der Waals surface area contributed by atoms with Gasteiger partial charge in [0.2, 0.25) is 0 Å². The van der Waals surface area contributed by atoms with E-state index in [1.54, 1.807) is 0 Å². The van der Waals surface area contributed by atoms with Crippen LogP contribution in [0.1, 0.15) is 34.1 Å². The lowest BCUT2D eigenvalue weighted by atomic mass is 9.76. The van der Waals surface area contributed by atoms with Gasteiger partial charge in [0.05, 0.1) is 12.5 Å². The lowest BCUT2D eigenvalue weighted by Gasteiger charge is -2.31. The first-order valence-electron chi connectivity index (χ1n) is 4.39. The van der Waals surface area contributed by atoms with Crippen molar-refractivity contribution in [1.29, 1.82) is 0 Å². The van der Waals surface area contributed by atoms with Crippen LogP contribution in [-0.2, 0) is 9.53 Å². The van der Waals surface area contributed by atoms with Crippen molar-refractivity contribution in [2.75, 3.05) is 12.4 Å². The molecular weight excluding hydrogens is 232 g/mol. The van der Waals surface area contributed by atoms with Gasteiger partial charge in [-0.25, -0.2) is 0 Å². The number of esters is 1. The van der Waals surface area contributed by atoms with E-state index in [2.05, 4.69) is 29.8 Å². The molecule has 0 aromatic heterocycles. The molecule has 0 rings (SSSR count). The topological polar surface area (TPSA) is 26.3 Å². The molecule has 0 N–H and O–H groups in total. The van der Waals surface area contributed by atoms with Crippen molar-refractivity contribution in [2.24, 2.45) is 10.8 Å². The molecule has 0 heterocycles. The molecule has 0 fully saturated rings. The molecular formula is C10H19BrO2. The van der Waals surface area contributed by atoms with Crippen LogP contribution in [0.25, 0.3) is 0 Å². The minimum absolute atomic E-state index is 0.123. The molecule has 0 radical (unpaired) electrons. The fraction of sp³-hybridized carbons (Fsp3) is 0.900. The van der Waals surface area contributed by atoms with Gasteiger partial charge in [-0.05, 0) is 25.7 Å². The fourth-order valence-corrected chi connectivity index (χ4v) is 1.79. The Hall–Kier alpha value is -0.0500. The molecule has 78 valence electrons. The van der Waals surface area contributed by atoms with Gasteiger partial charge < -0.3 is 4.74 Å². The van der Waals surface area contributed by atoms with Gasteiger partial charge in [0, 0.05) is 5.33 Å². The maximum absolute atomic E-state index is 11.4. The Morgan fingerprint density at radius 2 is 1.77 bits per heavy atom. The molecule has 0 bridgehead atoms. The van der Waals surface area contributed by atoms with Gasteiger partial charge in [0.15, 0.2) is 0 Å². The minimum Gasteiger partial charge on any atom is -0.469 e. The van der Waals surface area contributed by atoms with Crippen LogP contribution in [0.15, 0.2) is 0 Å². The third-order valence-corrected chi connectivity index (χ3v) is 3.54. The van der Waals surface area contributed by atoms with E-state index in [-0.39, 0.29) is 11.4 Å². The van der Waals surface area contributed by atoms with E-state index in [0.29, 0.717) is 0 Å². The van der Waals surface area contributed by atoms with Crippen molar-refractivity contribution in [2.45, 2.75) is 34.1 Å². The molecule has 0 saturated heterocycles. The van der Waals surface area contributed by atoms with E-state index in [0.717, 1.165) is 11.8 Å². The molecule has 0 amide bonds. The fourth-order valence-electron chi connectivity index (χ4n) is 1.59. The zero-order valence-electron chi connectivity index (χ0n) is 9.11. The van der Waals surface area contributed by atoms with Gasteiger partial charge in [-0.3, -0.25) is 4.79 Å². The first-order valence-corrected chi connectivity index (χ1v) is 5.52. The summed E-state index contributed by atoms with van der Waals surface area (Å²) in [7, 11) is 1.44. The molecule has 0 aliphatic rings. The predicted octanol–water partition coefficient (Wildman–Crippen LogP) is 3.00. The number of carbonyl (C=O) groups is 1. The highest BCUT2D eigenvalue weighted by Crippen LogP contribution is 2.35. The second-order valence-electron chi connectivity index (χ2n) is 4.85. The van der Waals surface area contributed by atoms with Crippen molar-refractivity contribution >= 4 is 21.9 Å². The minimum atomic E-state index is -0.397. The van der Waals surface area contributed by atoms with E-state index in [4.69, 9.17) is 4.74 Å². The van der Waals surface area contributed by atoms with Gasteiger partial charge in [0.1, 0.15) is 0 Å². The normalized spacial score (nSPS) is 12.8. The van der Waals surface area contributed by atoms with E-state index in [1.165, 1.54) is 7.11 Å². The maximum atomic E-state index is 11.4. The number of hydrogen-bond acceptors (Lipinski definition) is 2. The summed E-state index contributed by atoms with van der Waals surface area (Å²) in [5.41, 5.74) is -0.274. The van der Waals surface area contributed by atoms with E-state index in [9.17, 15) is 4.79 Å². The molecule has 0 aromatic carbocycles. The van der Waals surface area contributed by atoms with Crippen LogP contribution in [0, 0.1) is 10.8 Å². The summed E-state index contributed by atoms with van der Waals surface area (Å²) in [6, 6.07) is 0. The Balaban J connectivity index is 4.41. The summed E-state index contributed by atoms with van der Waals surface area (Å²) < 4.78 is 4.75. The third kappa shape index (κ3) is 4.12. The number of rotatable bonds is 4. The largest absolute Gasteiger partial charge is 0.469 e. The molecule has 0 atom stereocenters. The van der Waals surface area contributed by atoms with Crippen molar-refractivity contribution in [1.82, 2.24) is 0 Å². The van der Waals surface area contributed by atoms with Crippen LogP contribution in [-0.4, -0.2) is 18.4 Å². The Morgan fingerprint density at radius 1 is 1.31 bits per heavy atom. The number of hydrogen-bond donors (Lipinski definition) is 0. The molecule has 0 saturated carbocycles. The van der Waals surface area contributed by atoms with Crippen molar-refractivity contribution < 1.29 is 9.53 Å².